The van der Waals surface area contributed by atoms with Gasteiger partial charge in [0.2, 0.25) is 0 Å². The second-order valence-electron chi connectivity index (χ2n) is 2.31. The third-order valence-corrected chi connectivity index (χ3v) is 1.89. The van der Waals surface area contributed by atoms with E-state index in [9.17, 15) is 18.0 Å². The Balaban J connectivity index is 4.03. The maximum absolute atomic E-state index is 11.7. The third kappa shape index (κ3) is 6.71. The summed E-state index contributed by atoms with van der Waals surface area (Å²) in [5.74, 6) is -1.11. The Morgan fingerprint density at radius 1 is 1.62 bits per heavy atom. The summed E-state index contributed by atoms with van der Waals surface area (Å²) in [6, 6.07) is -1.55. The summed E-state index contributed by atoms with van der Waals surface area (Å²) >= 11 is 1.30. The number of carboxylic acid groups (broad SMARTS) is 1. The lowest BCUT2D eigenvalue weighted by molar-refractivity contribution is -0.174. The van der Waals surface area contributed by atoms with Crippen LogP contribution in [0.15, 0.2) is 0 Å². The van der Waals surface area contributed by atoms with Crippen LogP contribution in [0.25, 0.3) is 0 Å². The van der Waals surface area contributed by atoms with Gasteiger partial charge in [0.05, 0.1) is 0 Å². The van der Waals surface area contributed by atoms with Crippen LogP contribution in [0.3, 0.4) is 0 Å². The highest BCUT2D eigenvalue weighted by Gasteiger charge is 2.33. The molecule has 0 aromatic heterocycles. The fourth-order valence-electron chi connectivity index (χ4n) is 0.691. The number of thioether (sulfide) groups is 1. The molecule has 7 heteroatoms. The van der Waals surface area contributed by atoms with E-state index in [1.165, 1.54) is 11.8 Å². The molecule has 0 aliphatic rings. The molecule has 78 valence electrons. The number of alkyl halides is 3. The fourth-order valence-corrected chi connectivity index (χ4v) is 1.16. The number of rotatable bonds is 5. The van der Waals surface area contributed by atoms with Gasteiger partial charge in [0, 0.05) is 0 Å². The van der Waals surface area contributed by atoms with Crippen molar-refractivity contribution in [3.05, 3.63) is 0 Å². The minimum atomic E-state index is -4.64. The van der Waals surface area contributed by atoms with E-state index >= 15 is 0 Å². The summed E-state index contributed by atoms with van der Waals surface area (Å²) in [5.41, 5.74) is 0. The Bertz CT molecular complexity index is 174. The molecule has 0 saturated carbocycles. The zero-order valence-electron chi connectivity index (χ0n) is 6.89. The van der Waals surface area contributed by atoms with Crippen molar-refractivity contribution in [3.63, 3.8) is 0 Å². The molecule has 1 unspecified atom stereocenters. The van der Waals surface area contributed by atoms with Gasteiger partial charge < -0.3 is 5.11 Å². The van der Waals surface area contributed by atoms with Crippen molar-refractivity contribution in [2.24, 2.45) is 0 Å². The second-order valence-corrected chi connectivity index (χ2v) is 3.30. The van der Waals surface area contributed by atoms with Gasteiger partial charge in [-0.1, -0.05) is 0 Å². The molecule has 0 heterocycles. The molecular formula is C6H10F3NO2S. The zero-order chi connectivity index (χ0) is 10.5. The Morgan fingerprint density at radius 2 is 2.15 bits per heavy atom. The SMILES string of the molecule is CSCCC(NC(F)(F)F)C(=O)O. The van der Waals surface area contributed by atoms with Gasteiger partial charge in [-0.2, -0.15) is 24.9 Å². The van der Waals surface area contributed by atoms with E-state index in [2.05, 4.69) is 0 Å². The normalized spacial score (nSPS) is 14.2. The smallest absolute Gasteiger partial charge is 0.457 e. The number of hydrogen-bond acceptors (Lipinski definition) is 3. The molecule has 0 rings (SSSR count). The van der Waals surface area contributed by atoms with E-state index in [0.717, 1.165) is 5.32 Å². The molecular weight excluding hydrogens is 207 g/mol. The molecule has 1 atom stereocenters. The van der Waals surface area contributed by atoms with Crippen LogP contribution in [0.5, 0.6) is 0 Å². The molecule has 0 radical (unpaired) electrons. The number of carboxylic acids is 1. The van der Waals surface area contributed by atoms with E-state index in [1.54, 1.807) is 6.26 Å². The van der Waals surface area contributed by atoms with Crippen LogP contribution in [0, 0.1) is 0 Å². The molecule has 3 nitrogen and oxygen atoms in total. The molecule has 0 aliphatic carbocycles. The lowest BCUT2D eigenvalue weighted by Gasteiger charge is -2.15. The van der Waals surface area contributed by atoms with Crippen LogP contribution in [0.4, 0.5) is 13.2 Å². The van der Waals surface area contributed by atoms with Gasteiger partial charge in [-0.25, -0.2) is 5.32 Å². The molecule has 0 bridgehead atoms. The topological polar surface area (TPSA) is 49.3 Å². The summed E-state index contributed by atoms with van der Waals surface area (Å²) in [5, 5.41) is 9.47. The van der Waals surface area contributed by atoms with Gasteiger partial charge in [0.25, 0.3) is 0 Å². The van der Waals surface area contributed by atoms with E-state index < -0.39 is 18.3 Å². The lowest BCUT2D eigenvalue weighted by atomic mass is 10.2. The average Bonchev–Trinajstić information content (AvgIpc) is 1.95. The monoisotopic (exact) mass is 217 g/mol. The van der Waals surface area contributed by atoms with Crippen LogP contribution < -0.4 is 5.32 Å². The first-order chi connectivity index (χ1) is 5.87. The standard InChI is InChI=1S/C6H10F3NO2S/c1-13-3-2-4(5(11)12)10-6(7,8)9/h4,10H,2-3H2,1H3,(H,11,12). The van der Waals surface area contributed by atoms with Gasteiger partial charge >= 0.3 is 12.3 Å². The van der Waals surface area contributed by atoms with Gasteiger partial charge in [-0.15, -0.1) is 0 Å². The van der Waals surface area contributed by atoms with Crippen LogP contribution in [0.1, 0.15) is 6.42 Å². The Kier molecular flexibility index (Phi) is 5.16. The minimum absolute atomic E-state index is 0.0456. The highest BCUT2D eigenvalue weighted by Crippen LogP contribution is 2.13. The van der Waals surface area contributed by atoms with Crippen molar-refractivity contribution in [1.82, 2.24) is 5.32 Å². The molecule has 0 amide bonds. The van der Waals surface area contributed by atoms with Gasteiger partial charge in [0.1, 0.15) is 6.04 Å². The lowest BCUT2D eigenvalue weighted by Crippen LogP contribution is -2.45. The number of aliphatic carboxylic acids is 1. The van der Waals surface area contributed by atoms with Crippen LogP contribution in [-0.2, 0) is 4.79 Å². The summed E-state index contributed by atoms with van der Waals surface area (Å²) in [7, 11) is 0. The first-order valence-corrected chi connectivity index (χ1v) is 4.82. The molecule has 13 heavy (non-hydrogen) atoms. The molecule has 2 N–H and O–H groups in total. The summed E-state index contributed by atoms with van der Waals surface area (Å²) in [6.07, 6.45) is -2.98. The Labute approximate surface area is 77.7 Å². The third-order valence-electron chi connectivity index (χ3n) is 1.25. The van der Waals surface area contributed by atoms with Gasteiger partial charge in [0.15, 0.2) is 0 Å². The van der Waals surface area contributed by atoms with E-state index in [1.807, 2.05) is 0 Å². The highest BCUT2D eigenvalue weighted by molar-refractivity contribution is 7.98. The predicted molar refractivity (Wildman–Crippen MR) is 43.6 cm³/mol. The Morgan fingerprint density at radius 3 is 2.46 bits per heavy atom. The van der Waals surface area contributed by atoms with Crippen LogP contribution in [0.2, 0.25) is 0 Å². The number of nitrogens with one attached hydrogen (secondary N) is 1. The van der Waals surface area contributed by atoms with Crippen molar-refractivity contribution in [2.45, 2.75) is 18.8 Å². The largest absolute Gasteiger partial charge is 0.480 e. The summed E-state index contributed by atoms with van der Waals surface area (Å²) in [4.78, 5) is 10.3. The quantitative estimate of drug-likeness (QED) is 0.681. The predicted octanol–water partition coefficient (Wildman–Crippen LogP) is 1.30. The fraction of sp³-hybridized carbons (Fsp3) is 0.833. The van der Waals surface area contributed by atoms with Crippen LogP contribution >= 0.6 is 11.8 Å². The maximum atomic E-state index is 11.7. The number of halogens is 3. The molecule has 0 aromatic carbocycles. The molecule has 0 saturated heterocycles. The van der Waals surface area contributed by atoms with Gasteiger partial charge in [-0.05, 0) is 18.4 Å². The molecule has 0 spiro atoms. The molecule has 0 aliphatic heterocycles. The van der Waals surface area contributed by atoms with Crippen molar-refractivity contribution in [1.29, 1.82) is 0 Å². The average molecular weight is 217 g/mol. The number of hydrogen-bond donors (Lipinski definition) is 2. The maximum Gasteiger partial charge on any atom is 0.457 e. The first-order valence-electron chi connectivity index (χ1n) is 3.43. The Hall–Kier alpha value is -0.430. The van der Waals surface area contributed by atoms with Crippen molar-refractivity contribution < 1.29 is 23.1 Å². The first kappa shape index (κ1) is 12.6. The second kappa shape index (κ2) is 5.33. The molecule has 0 aromatic rings. The van der Waals surface area contributed by atoms with E-state index in [0.29, 0.717) is 5.75 Å². The number of carbonyl (C=O) groups is 1. The van der Waals surface area contributed by atoms with Crippen LogP contribution in [-0.4, -0.2) is 35.4 Å². The van der Waals surface area contributed by atoms with Crippen molar-refractivity contribution in [2.75, 3.05) is 12.0 Å². The summed E-state index contributed by atoms with van der Waals surface area (Å²) < 4.78 is 35.1. The van der Waals surface area contributed by atoms with Gasteiger partial charge in [-0.3, -0.25) is 4.79 Å². The van der Waals surface area contributed by atoms with E-state index in [4.69, 9.17) is 5.11 Å². The molecule has 0 fully saturated rings. The zero-order valence-corrected chi connectivity index (χ0v) is 7.71. The van der Waals surface area contributed by atoms with Crippen molar-refractivity contribution >= 4 is 17.7 Å². The van der Waals surface area contributed by atoms with Crippen molar-refractivity contribution in [3.8, 4) is 0 Å². The summed E-state index contributed by atoms with van der Waals surface area (Å²) in [6.45, 7) is 0. The minimum Gasteiger partial charge on any atom is -0.480 e. The van der Waals surface area contributed by atoms with E-state index in [-0.39, 0.29) is 6.42 Å². The highest BCUT2D eigenvalue weighted by atomic mass is 32.2.